The number of aryl methyl sites for hydroxylation is 1. The van der Waals surface area contributed by atoms with Crippen molar-refractivity contribution >= 4 is 0 Å². The summed E-state index contributed by atoms with van der Waals surface area (Å²) in [6.45, 7) is 13.3. The largest absolute Gasteiger partial charge is 0.493 e. The zero-order valence-electron chi connectivity index (χ0n) is 14.6. The maximum Gasteiger partial charge on any atom is 0.122 e. The van der Waals surface area contributed by atoms with Gasteiger partial charge in [-0.2, -0.15) is 0 Å². The molecule has 0 spiro atoms. The fraction of sp³-hybridized carbons (Fsp3) is 0.684. The normalized spacial score (nSPS) is 16.5. The Balaban J connectivity index is 1.85. The van der Waals surface area contributed by atoms with Gasteiger partial charge in [0.1, 0.15) is 5.75 Å². The molecule has 3 heteroatoms. The highest BCUT2D eigenvalue weighted by Crippen LogP contribution is 2.25. The van der Waals surface area contributed by atoms with Crippen LogP contribution in [0.25, 0.3) is 0 Å². The van der Waals surface area contributed by atoms with Crippen LogP contribution in [0.1, 0.15) is 42.9 Å². The van der Waals surface area contributed by atoms with E-state index < -0.39 is 0 Å². The topological polar surface area (TPSA) is 24.5 Å². The first kappa shape index (κ1) is 17.3. The number of benzene rings is 1. The summed E-state index contributed by atoms with van der Waals surface area (Å²) in [6, 6.07) is 4.42. The van der Waals surface area contributed by atoms with Crippen LogP contribution in [0.5, 0.6) is 5.75 Å². The zero-order chi connectivity index (χ0) is 15.8. The number of hydrogen-bond donors (Lipinski definition) is 1. The molecule has 0 saturated carbocycles. The van der Waals surface area contributed by atoms with Gasteiger partial charge in [-0.3, -0.25) is 0 Å². The second kappa shape index (κ2) is 9.16. The van der Waals surface area contributed by atoms with Gasteiger partial charge in [0, 0.05) is 13.1 Å². The van der Waals surface area contributed by atoms with E-state index in [1.807, 2.05) is 0 Å². The number of rotatable bonds is 7. The van der Waals surface area contributed by atoms with Crippen molar-refractivity contribution in [2.24, 2.45) is 0 Å². The molecule has 1 aromatic carbocycles. The van der Waals surface area contributed by atoms with Crippen molar-refractivity contribution in [3.05, 3.63) is 28.8 Å². The molecule has 0 radical (unpaired) electrons. The summed E-state index contributed by atoms with van der Waals surface area (Å²) >= 11 is 0. The highest BCUT2D eigenvalue weighted by Gasteiger charge is 2.10. The fourth-order valence-electron chi connectivity index (χ4n) is 3.11. The molecule has 1 saturated heterocycles. The Kier molecular flexibility index (Phi) is 7.20. The van der Waals surface area contributed by atoms with Crippen LogP contribution in [-0.2, 0) is 6.42 Å². The molecule has 1 aliphatic heterocycles. The lowest BCUT2D eigenvalue weighted by atomic mass is 9.98. The summed E-state index contributed by atoms with van der Waals surface area (Å²) in [5, 5.41) is 3.47. The quantitative estimate of drug-likeness (QED) is 0.836. The molecular weight excluding hydrogens is 272 g/mol. The van der Waals surface area contributed by atoms with Crippen molar-refractivity contribution in [3.8, 4) is 5.75 Å². The SMILES string of the molecule is CCCOc1ccc(CCCN2CCCNCC2)c(C)c1C. The van der Waals surface area contributed by atoms with E-state index in [0.717, 1.165) is 25.3 Å². The average Bonchev–Trinajstić information content (AvgIpc) is 2.79. The lowest BCUT2D eigenvalue weighted by Gasteiger charge is -2.20. The van der Waals surface area contributed by atoms with E-state index in [1.54, 1.807) is 0 Å². The van der Waals surface area contributed by atoms with E-state index in [4.69, 9.17) is 4.74 Å². The van der Waals surface area contributed by atoms with Gasteiger partial charge in [0.15, 0.2) is 0 Å². The van der Waals surface area contributed by atoms with Gasteiger partial charge in [0.2, 0.25) is 0 Å². The van der Waals surface area contributed by atoms with Crippen molar-refractivity contribution in [3.63, 3.8) is 0 Å². The molecule has 1 fully saturated rings. The minimum Gasteiger partial charge on any atom is -0.493 e. The van der Waals surface area contributed by atoms with E-state index >= 15 is 0 Å². The third-order valence-corrected chi connectivity index (χ3v) is 4.66. The average molecular weight is 304 g/mol. The van der Waals surface area contributed by atoms with Gasteiger partial charge < -0.3 is 15.0 Å². The number of nitrogens with one attached hydrogen (secondary N) is 1. The Bertz CT molecular complexity index is 451. The Morgan fingerprint density at radius 3 is 2.82 bits per heavy atom. The Morgan fingerprint density at radius 1 is 1.14 bits per heavy atom. The second-order valence-electron chi connectivity index (χ2n) is 6.37. The molecule has 0 amide bonds. The van der Waals surface area contributed by atoms with Gasteiger partial charge in [-0.15, -0.1) is 0 Å². The molecule has 0 aromatic heterocycles. The molecule has 1 heterocycles. The Hall–Kier alpha value is -1.06. The molecule has 2 rings (SSSR count). The van der Waals surface area contributed by atoms with Crippen molar-refractivity contribution in [2.45, 2.75) is 46.5 Å². The van der Waals surface area contributed by atoms with Gasteiger partial charge in [-0.25, -0.2) is 0 Å². The van der Waals surface area contributed by atoms with Gasteiger partial charge in [0.05, 0.1) is 6.61 Å². The van der Waals surface area contributed by atoms with Crippen molar-refractivity contribution in [1.82, 2.24) is 10.2 Å². The van der Waals surface area contributed by atoms with E-state index in [-0.39, 0.29) is 0 Å². The minimum atomic E-state index is 0.808. The molecule has 124 valence electrons. The third-order valence-electron chi connectivity index (χ3n) is 4.66. The first-order chi connectivity index (χ1) is 10.7. The van der Waals surface area contributed by atoms with Crippen LogP contribution >= 0.6 is 0 Å². The van der Waals surface area contributed by atoms with Crippen LogP contribution in [0, 0.1) is 13.8 Å². The maximum atomic E-state index is 5.82. The Morgan fingerprint density at radius 2 is 2.00 bits per heavy atom. The predicted molar refractivity (Wildman–Crippen MR) is 93.9 cm³/mol. The van der Waals surface area contributed by atoms with Crippen molar-refractivity contribution in [1.29, 1.82) is 0 Å². The smallest absolute Gasteiger partial charge is 0.122 e. The van der Waals surface area contributed by atoms with Gasteiger partial charge in [-0.05, 0) is 81.9 Å². The summed E-state index contributed by atoms with van der Waals surface area (Å²) in [6.07, 6.45) is 4.76. The minimum absolute atomic E-state index is 0.808. The fourth-order valence-corrected chi connectivity index (χ4v) is 3.11. The summed E-state index contributed by atoms with van der Waals surface area (Å²) < 4.78 is 5.82. The summed E-state index contributed by atoms with van der Waals surface area (Å²) in [4.78, 5) is 2.60. The first-order valence-electron chi connectivity index (χ1n) is 8.87. The van der Waals surface area contributed by atoms with E-state index in [9.17, 15) is 0 Å². The summed E-state index contributed by atoms with van der Waals surface area (Å²) in [7, 11) is 0. The molecule has 0 unspecified atom stereocenters. The maximum absolute atomic E-state index is 5.82. The van der Waals surface area contributed by atoms with Crippen LogP contribution in [0.3, 0.4) is 0 Å². The third kappa shape index (κ3) is 4.99. The highest BCUT2D eigenvalue weighted by molar-refractivity contribution is 5.43. The summed E-state index contributed by atoms with van der Waals surface area (Å²) in [5.41, 5.74) is 4.20. The van der Waals surface area contributed by atoms with E-state index in [0.29, 0.717) is 0 Å². The zero-order valence-corrected chi connectivity index (χ0v) is 14.6. The predicted octanol–water partition coefficient (Wildman–Crippen LogP) is 3.32. The van der Waals surface area contributed by atoms with Crippen LogP contribution < -0.4 is 10.1 Å². The molecule has 1 N–H and O–H groups in total. The molecule has 1 aliphatic rings. The van der Waals surface area contributed by atoms with E-state index in [1.165, 1.54) is 62.1 Å². The molecule has 1 aromatic rings. The monoisotopic (exact) mass is 304 g/mol. The van der Waals surface area contributed by atoms with Gasteiger partial charge in [0.25, 0.3) is 0 Å². The first-order valence-corrected chi connectivity index (χ1v) is 8.87. The molecule has 0 atom stereocenters. The lowest BCUT2D eigenvalue weighted by molar-refractivity contribution is 0.289. The molecule has 3 nitrogen and oxygen atoms in total. The van der Waals surface area contributed by atoms with Crippen LogP contribution in [-0.4, -0.2) is 44.2 Å². The van der Waals surface area contributed by atoms with Crippen molar-refractivity contribution in [2.75, 3.05) is 39.3 Å². The lowest BCUT2D eigenvalue weighted by Crippen LogP contribution is -2.29. The Labute approximate surface area is 136 Å². The number of nitrogens with zero attached hydrogens (tertiary/aromatic N) is 1. The molecule has 0 aliphatic carbocycles. The summed E-state index contributed by atoms with van der Waals surface area (Å²) in [5.74, 6) is 1.06. The highest BCUT2D eigenvalue weighted by atomic mass is 16.5. The second-order valence-corrected chi connectivity index (χ2v) is 6.37. The molecular formula is C19H32N2O. The van der Waals surface area contributed by atoms with Gasteiger partial charge in [-0.1, -0.05) is 13.0 Å². The van der Waals surface area contributed by atoms with Crippen LogP contribution in [0.4, 0.5) is 0 Å². The van der Waals surface area contributed by atoms with E-state index in [2.05, 4.69) is 43.1 Å². The van der Waals surface area contributed by atoms with Crippen molar-refractivity contribution < 1.29 is 4.74 Å². The molecule has 0 bridgehead atoms. The molecule has 22 heavy (non-hydrogen) atoms. The number of ether oxygens (including phenoxy) is 1. The number of hydrogen-bond acceptors (Lipinski definition) is 3. The van der Waals surface area contributed by atoms with Gasteiger partial charge >= 0.3 is 0 Å². The standard InChI is InChI=1S/C19H32N2O/c1-4-15-22-19-9-8-18(16(2)17(19)3)7-5-12-21-13-6-10-20-11-14-21/h8-9,20H,4-7,10-15H2,1-3H3. The van der Waals surface area contributed by atoms with Crippen LogP contribution in [0.15, 0.2) is 12.1 Å². The van der Waals surface area contributed by atoms with Crippen LogP contribution in [0.2, 0.25) is 0 Å².